The molecule has 0 fully saturated rings. The highest BCUT2D eigenvalue weighted by Gasteiger charge is 2.48. The van der Waals surface area contributed by atoms with Gasteiger partial charge in [0.1, 0.15) is 18.0 Å². The van der Waals surface area contributed by atoms with Crippen LogP contribution in [-0.4, -0.2) is 42.1 Å². The van der Waals surface area contributed by atoms with Crippen LogP contribution in [-0.2, 0) is 15.0 Å². The summed E-state index contributed by atoms with van der Waals surface area (Å²) in [6.45, 7) is 3.40. The van der Waals surface area contributed by atoms with Crippen LogP contribution in [0.4, 0.5) is 28.0 Å². The molecule has 1 N–H and O–H groups in total. The van der Waals surface area contributed by atoms with Crippen LogP contribution < -0.4 is 5.32 Å². The molecule has 2 rings (SSSR count). The van der Waals surface area contributed by atoms with Crippen LogP contribution in [0, 0.1) is 21.7 Å². The Morgan fingerprint density at radius 3 is 2.57 bits per heavy atom. The number of hydrogen-bond donors (Lipinski definition) is 1. The van der Waals surface area contributed by atoms with Crippen molar-refractivity contribution in [3.63, 3.8) is 0 Å². The summed E-state index contributed by atoms with van der Waals surface area (Å²) in [5, 5.41) is 13.0. The third kappa shape index (κ3) is 4.55. The van der Waals surface area contributed by atoms with E-state index in [1.165, 1.54) is 0 Å². The largest absolute Gasteiger partial charge is 0.444 e. The van der Waals surface area contributed by atoms with E-state index < -0.39 is 70.5 Å². The molecule has 1 heterocycles. The third-order valence-corrected chi connectivity index (χ3v) is 3.59. The van der Waals surface area contributed by atoms with Gasteiger partial charge in [-0.15, -0.1) is 0 Å². The van der Waals surface area contributed by atoms with Gasteiger partial charge in [0, 0.05) is 11.6 Å². The smallest absolute Gasteiger partial charge is 0.413 e. The average Bonchev–Trinajstić information content (AvgIpc) is 2.55. The first kappa shape index (κ1) is 21.5. The third-order valence-electron chi connectivity index (χ3n) is 3.59. The first-order valence-electron chi connectivity index (χ1n) is 7.94. The Balaban J connectivity index is 2.51. The lowest BCUT2D eigenvalue weighted by atomic mass is 9.89. The minimum atomic E-state index is -3.43. The van der Waals surface area contributed by atoms with Crippen molar-refractivity contribution in [1.82, 2.24) is 5.32 Å². The van der Waals surface area contributed by atoms with Gasteiger partial charge in [-0.05, 0) is 20.8 Å². The Kier molecular flexibility index (Phi) is 5.92. The lowest BCUT2D eigenvalue weighted by molar-refractivity contribution is -0.385. The molecule has 1 atom stereocenters. The highest BCUT2D eigenvalue weighted by Crippen LogP contribution is 2.39. The number of nitro groups is 1. The second-order valence-electron chi connectivity index (χ2n) is 6.95. The second kappa shape index (κ2) is 7.70. The van der Waals surface area contributed by atoms with Crippen molar-refractivity contribution in [3.8, 4) is 0 Å². The number of amidine groups is 1. The van der Waals surface area contributed by atoms with Crippen molar-refractivity contribution in [3.05, 3.63) is 39.4 Å². The number of nitrogens with zero attached hydrogens (tertiary/aromatic N) is 2. The summed E-state index contributed by atoms with van der Waals surface area (Å²) in [4.78, 5) is 25.3. The standard InChI is InChI=1S/C16H17F4N3O5/c1-15(2,3)28-14(24)21-11-6-27-7-16(22-11,13(19)20)9-4-8(23(25)26)5-10(17)12(9)18/h4-5,13H,6-7H2,1-3H3,(H,21,22,24). The van der Waals surface area contributed by atoms with Crippen molar-refractivity contribution in [2.24, 2.45) is 4.99 Å². The normalized spacial score (nSPS) is 19.9. The van der Waals surface area contributed by atoms with E-state index in [9.17, 15) is 32.5 Å². The number of alkyl halides is 2. The number of nitrogens with one attached hydrogen (secondary N) is 1. The molecule has 0 aromatic heterocycles. The number of benzene rings is 1. The van der Waals surface area contributed by atoms with Gasteiger partial charge >= 0.3 is 6.09 Å². The number of nitro benzene ring substituents is 1. The Labute approximate surface area is 156 Å². The number of halogens is 4. The van der Waals surface area contributed by atoms with Crippen LogP contribution in [0.1, 0.15) is 26.3 Å². The van der Waals surface area contributed by atoms with Crippen molar-refractivity contribution in [2.45, 2.75) is 38.3 Å². The molecule has 154 valence electrons. The van der Waals surface area contributed by atoms with E-state index in [4.69, 9.17) is 9.47 Å². The van der Waals surface area contributed by atoms with Gasteiger partial charge in [-0.1, -0.05) is 0 Å². The first-order chi connectivity index (χ1) is 12.9. The summed E-state index contributed by atoms with van der Waals surface area (Å²) in [5.74, 6) is -3.84. The Hall–Kier alpha value is -2.76. The summed E-state index contributed by atoms with van der Waals surface area (Å²) in [7, 11) is 0. The molecule has 0 saturated heterocycles. The molecule has 0 aliphatic carbocycles. The average molecular weight is 407 g/mol. The number of alkyl carbamates (subject to hydrolysis) is 1. The fraction of sp³-hybridized carbons (Fsp3) is 0.500. The number of carbonyl (C=O) groups is 1. The van der Waals surface area contributed by atoms with E-state index in [0.29, 0.717) is 6.07 Å². The fourth-order valence-corrected chi connectivity index (χ4v) is 2.46. The zero-order valence-electron chi connectivity index (χ0n) is 15.1. The lowest BCUT2D eigenvalue weighted by Gasteiger charge is -2.34. The maximum Gasteiger partial charge on any atom is 0.413 e. The van der Waals surface area contributed by atoms with Crippen molar-refractivity contribution in [2.75, 3.05) is 13.2 Å². The van der Waals surface area contributed by atoms with E-state index in [2.05, 4.69) is 10.3 Å². The van der Waals surface area contributed by atoms with E-state index in [-0.39, 0.29) is 6.07 Å². The van der Waals surface area contributed by atoms with Crippen LogP contribution in [0.25, 0.3) is 0 Å². The minimum absolute atomic E-state index is 0.269. The van der Waals surface area contributed by atoms with E-state index >= 15 is 0 Å². The Morgan fingerprint density at radius 1 is 1.39 bits per heavy atom. The number of aliphatic imine (C=N–C) groups is 1. The summed E-state index contributed by atoms with van der Waals surface area (Å²) >= 11 is 0. The van der Waals surface area contributed by atoms with Gasteiger partial charge in [-0.3, -0.25) is 15.4 Å². The molecule has 12 heteroatoms. The molecule has 28 heavy (non-hydrogen) atoms. The van der Waals surface area contributed by atoms with Gasteiger partial charge in [0.2, 0.25) is 0 Å². The minimum Gasteiger partial charge on any atom is -0.444 e. The molecule has 0 radical (unpaired) electrons. The van der Waals surface area contributed by atoms with Crippen LogP contribution in [0.3, 0.4) is 0 Å². The topological polar surface area (TPSA) is 103 Å². The quantitative estimate of drug-likeness (QED) is 0.471. The van der Waals surface area contributed by atoms with Crippen molar-refractivity contribution >= 4 is 17.6 Å². The molecular weight excluding hydrogens is 390 g/mol. The highest BCUT2D eigenvalue weighted by molar-refractivity contribution is 5.96. The Bertz CT molecular complexity index is 825. The van der Waals surface area contributed by atoms with Crippen LogP contribution in [0.2, 0.25) is 0 Å². The number of amides is 1. The van der Waals surface area contributed by atoms with Gasteiger partial charge in [0.15, 0.2) is 17.2 Å². The molecule has 8 nitrogen and oxygen atoms in total. The monoisotopic (exact) mass is 407 g/mol. The SMILES string of the molecule is CC(C)(C)OC(=O)NC1=NC(c2cc([N+](=O)[O-])cc(F)c2F)(C(F)F)COC1. The van der Waals surface area contributed by atoms with Gasteiger partial charge in [-0.25, -0.2) is 27.3 Å². The number of non-ortho nitro benzene ring substituents is 1. The molecule has 0 saturated carbocycles. The fourth-order valence-electron chi connectivity index (χ4n) is 2.46. The van der Waals surface area contributed by atoms with E-state index in [1.54, 1.807) is 20.8 Å². The molecule has 1 aromatic carbocycles. The zero-order chi connectivity index (χ0) is 21.3. The van der Waals surface area contributed by atoms with Crippen LogP contribution in [0.15, 0.2) is 17.1 Å². The number of hydrogen-bond acceptors (Lipinski definition) is 6. The zero-order valence-corrected chi connectivity index (χ0v) is 15.1. The molecule has 1 amide bonds. The van der Waals surface area contributed by atoms with Crippen molar-refractivity contribution in [1.29, 1.82) is 0 Å². The maximum absolute atomic E-state index is 14.3. The lowest BCUT2D eigenvalue weighted by Crippen LogP contribution is -2.48. The van der Waals surface area contributed by atoms with Gasteiger partial charge < -0.3 is 9.47 Å². The molecular formula is C16H17F4N3O5. The molecule has 1 unspecified atom stereocenters. The number of ether oxygens (including phenoxy) is 2. The van der Waals surface area contributed by atoms with Gasteiger partial charge in [-0.2, -0.15) is 0 Å². The molecule has 0 spiro atoms. The van der Waals surface area contributed by atoms with E-state index in [1.807, 2.05) is 0 Å². The van der Waals surface area contributed by atoms with Crippen LogP contribution in [0.5, 0.6) is 0 Å². The first-order valence-corrected chi connectivity index (χ1v) is 7.94. The number of rotatable bonds is 3. The second-order valence-corrected chi connectivity index (χ2v) is 6.95. The molecule has 1 aromatic rings. The predicted octanol–water partition coefficient (Wildman–Crippen LogP) is 3.29. The van der Waals surface area contributed by atoms with Gasteiger partial charge in [0.05, 0.1) is 17.6 Å². The van der Waals surface area contributed by atoms with Crippen LogP contribution >= 0.6 is 0 Å². The predicted molar refractivity (Wildman–Crippen MR) is 88.3 cm³/mol. The Morgan fingerprint density at radius 2 is 2.04 bits per heavy atom. The molecule has 1 aliphatic rings. The summed E-state index contributed by atoms with van der Waals surface area (Å²) < 4.78 is 65.8. The van der Waals surface area contributed by atoms with Gasteiger partial charge in [0.25, 0.3) is 12.1 Å². The summed E-state index contributed by atoms with van der Waals surface area (Å²) in [6.07, 6.45) is -4.45. The summed E-state index contributed by atoms with van der Waals surface area (Å²) in [5.41, 5.74) is -5.68. The summed E-state index contributed by atoms with van der Waals surface area (Å²) in [6, 6.07) is 0.735. The molecule has 1 aliphatic heterocycles. The van der Waals surface area contributed by atoms with Crippen molar-refractivity contribution < 1.29 is 36.8 Å². The maximum atomic E-state index is 14.3. The molecule has 0 bridgehead atoms. The highest BCUT2D eigenvalue weighted by atomic mass is 19.3. The number of carbonyl (C=O) groups excluding carboxylic acids is 1. The van der Waals surface area contributed by atoms with E-state index in [0.717, 1.165) is 0 Å².